The van der Waals surface area contributed by atoms with Gasteiger partial charge in [0.2, 0.25) is 0 Å². The van der Waals surface area contributed by atoms with Gasteiger partial charge in [-0.05, 0) is 55.4 Å². The van der Waals surface area contributed by atoms with Gasteiger partial charge in [0.15, 0.2) is 0 Å². The summed E-state index contributed by atoms with van der Waals surface area (Å²) in [6.07, 6.45) is 8.12. The van der Waals surface area contributed by atoms with Gasteiger partial charge in [-0.3, -0.25) is 4.40 Å². The highest BCUT2D eigenvalue weighted by Gasteiger charge is 2.30. The van der Waals surface area contributed by atoms with Gasteiger partial charge in [-0.25, -0.2) is 0 Å². The molecule has 2 aliphatic rings. The molecule has 6 rings (SSSR count). The molecule has 3 heterocycles. The maximum Gasteiger partial charge on any atom is 0.124 e. The van der Waals surface area contributed by atoms with E-state index in [0.717, 1.165) is 28.7 Å². The molecule has 0 spiro atoms. The quantitative estimate of drug-likeness (QED) is 0.362. The van der Waals surface area contributed by atoms with E-state index in [2.05, 4.69) is 62.9 Å². The zero-order valence-electron chi connectivity index (χ0n) is 17.3. The Balaban J connectivity index is 1.64. The molecule has 5 heteroatoms. The Labute approximate surface area is 192 Å². The Kier molecular flexibility index (Phi) is 4.66. The molecule has 1 fully saturated rings. The molecule has 1 N–H and O–H groups in total. The van der Waals surface area contributed by atoms with Gasteiger partial charge < -0.3 is 9.88 Å². The second-order valence-corrected chi connectivity index (χ2v) is 9.48. The molecule has 2 aromatic heterocycles. The van der Waals surface area contributed by atoms with E-state index in [1.807, 2.05) is 12.1 Å². The Bertz CT molecular complexity index is 1280. The lowest BCUT2D eigenvalue weighted by Gasteiger charge is -2.11. The van der Waals surface area contributed by atoms with Crippen molar-refractivity contribution in [2.45, 2.75) is 44.7 Å². The van der Waals surface area contributed by atoms with E-state index in [4.69, 9.17) is 23.8 Å². The average Bonchev–Trinajstić information content (AvgIpc) is 3.50. The van der Waals surface area contributed by atoms with Crippen LogP contribution < -0.4 is 5.32 Å². The number of nitrogens with zero attached hydrogens (tertiary/aromatic N) is 2. The van der Waals surface area contributed by atoms with E-state index in [1.54, 1.807) is 0 Å². The van der Waals surface area contributed by atoms with Gasteiger partial charge in [-0.1, -0.05) is 66.3 Å². The van der Waals surface area contributed by atoms with Crippen molar-refractivity contribution in [1.29, 1.82) is 0 Å². The number of nitrogens with one attached hydrogen (secondary N) is 1. The zero-order valence-corrected chi connectivity index (χ0v) is 18.8. The lowest BCUT2D eigenvalue weighted by molar-refractivity contribution is 0.647. The van der Waals surface area contributed by atoms with Crippen LogP contribution in [0.2, 0.25) is 5.02 Å². The van der Waals surface area contributed by atoms with Crippen molar-refractivity contribution in [3.63, 3.8) is 0 Å². The van der Waals surface area contributed by atoms with Gasteiger partial charge in [0.05, 0.1) is 11.4 Å². The van der Waals surface area contributed by atoms with Gasteiger partial charge in [0, 0.05) is 34.9 Å². The number of aromatic nitrogens is 2. The smallest absolute Gasteiger partial charge is 0.124 e. The molecular formula is C26H24ClN3S. The molecule has 31 heavy (non-hydrogen) atoms. The van der Waals surface area contributed by atoms with Crippen molar-refractivity contribution in [2.75, 3.05) is 0 Å². The number of rotatable bonds is 4. The number of imidazole rings is 1. The predicted molar refractivity (Wildman–Crippen MR) is 132 cm³/mol. The minimum atomic E-state index is 0.524. The van der Waals surface area contributed by atoms with E-state index in [-0.39, 0.29) is 0 Å². The van der Waals surface area contributed by atoms with Crippen molar-refractivity contribution in [3.8, 4) is 22.4 Å². The molecule has 2 aromatic carbocycles. The summed E-state index contributed by atoms with van der Waals surface area (Å²) in [6.45, 7) is 1.02. The van der Waals surface area contributed by atoms with Crippen LogP contribution in [-0.4, -0.2) is 20.0 Å². The molecule has 0 atom stereocenters. The fourth-order valence-corrected chi connectivity index (χ4v) is 5.35. The van der Waals surface area contributed by atoms with Crippen LogP contribution in [0.15, 0.2) is 60.8 Å². The summed E-state index contributed by atoms with van der Waals surface area (Å²) in [5, 5.41) is 4.37. The fourth-order valence-electron chi connectivity index (χ4n) is 4.86. The first kappa shape index (κ1) is 19.1. The molecular weight excluding hydrogens is 422 g/mol. The Morgan fingerprint density at radius 2 is 1.74 bits per heavy atom. The summed E-state index contributed by atoms with van der Waals surface area (Å²) < 4.78 is 4.84. The van der Waals surface area contributed by atoms with Crippen molar-refractivity contribution < 1.29 is 0 Å². The van der Waals surface area contributed by atoms with E-state index >= 15 is 0 Å². The third-order valence-electron chi connectivity index (χ3n) is 6.46. The topological polar surface area (TPSA) is 21.4 Å². The van der Waals surface area contributed by atoms with E-state index in [9.17, 15) is 0 Å². The highest BCUT2D eigenvalue weighted by molar-refractivity contribution is 7.80. The van der Waals surface area contributed by atoms with E-state index in [1.165, 1.54) is 59.3 Å². The third-order valence-corrected chi connectivity index (χ3v) is 7.03. The molecule has 0 radical (unpaired) electrons. The maximum absolute atomic E-state index is 6.17. The zero-order chi connectivity index (χ0) is 20.9. The summed E-state index contributed by atoms with van der Waals surface area (Å²) in [6, 6.07) is 19.4. The van der Waals surface area contributed by atoms with Crippen LogP contribution in [0.5, 0.6) is 0 Å². The Hall–Kier alpha value is -2.56. The molecule has 3 nitrogen and oxygen atoms in total. The van der Waals surface area contributed by atoms with Crippen molar-refractivity contribution in [2.24, 2.45) is 0 Å². The normalized spacial score (nSPS) is 15.8. The van der Waals surface area contributed by atoms with Crippen LogP contribution in [-0.2, 0) is 13.0 Å². The number of benzene rings is 2. The first-order valence-electron chi connectivity index (χ1n) is 11.1. The van der Waals surface area contributed by atoms with E-state index < -0.39 is 0 Å². The second kappa shape index (κ2) is 7.54. The first-order chi connectivity index (χ1) is 15.2. The first-order valence-corrected chi connectivity index (χ1v) is 11.9. The van der Waals surface area contributed by atoms with Crippen LogP contribution in [0.4, 0.5) is 0 Å². The summed E-state index contributed by atoms with van der Waals surface area (Å²) in [7, 11) is 0. The number of thiocarbonyl (C=S) groups is 1. The third kappa shape index (κ3) is 3.29. The number of aryl methyl sites for hydroxylation is 2. The number of hydrogen-bond acceptors (Lipinski definition) is 1. The minimum absolute atomic E-state index is 0.524. The molecule has 1 aliphatic heterocycles. The van der Waals surface area contributed by atoms with Crippen LogP contribution in [0.3, 0.4) is 0 Å². The largest absolute Gasteiger partial charge is 0.372 e. The fraction of sp³-hybridized carbons (Fsp3) is 0.269. The van der Waals surface area contributed by atoms with Crippen LogP contribution in [0.1, 0.15) is 36.9 Å². The van der Waals surface area contributed by atoms with Crippen LogP contribution >= 0.6 is 23.8 Å². The summed E-state index contributed by atoms with van der Waals surface area (Å²) in [5.41, 5.74) is 8.80. The Morgan fingerprint density at radius 3 is 2.48 bits per heavy atom. The van der Waals surface area contributed by atoms with E-state index in [0.29, 0.717) is 6.04 Å². The number of halogens is 1. The summed E-state index contributed by atoms with van der Waals surface area (Å²) in [4.78, 5) is 0.864. The highest BCUT2D eigenvalue weighted by Crippen LogP contribution is 2.40. The van der Waals surface area contributed by atoms with Gasteiger partial charge in [-0.2, -0.15) is 0 Å². The van der Waals surface area contributed by atoms with Crippen molar-refractivity contribution in [3.05, 3.63) is 77.1 Å². The van der Waals surface area contributed by atoms with Gasteiger partial charge in [-0.15, -0.1) is 0 Å². The van der Waals surface area contributed by atoms with Crippen molar-refractivity contribution in [1.82, 2.24) is 14.3 Å². The van der Waals surface area contributed by atoms with Gasteiger partial charge >= 0.3 is 0 Å². The average molecular weight is 446 g/mol. The van der Waals surface area contributed by atoms with Crippen LogP contribution in [0.25, 0.3) is 28.0 Å². The standard InChI is InChI=1S/C26H24ClN3S/c27-19-11-9-17(10-12-19)22-16-30-24(25(31)28-20-13-14-20)23(18-6-2-1-3-7-18)21-8-4-5-15-29(22)26(21)30/h1-3,6-7,9-12,16,20H,4-5,8,13-15H2,(H,28,31). The SMILES string of the molecule is S=C(NC1CC1)c1c(-c2ccccc2)c2c3n(c(-c4ccc(Cl)cc4)cn13)CCCC2. The maximum atomic E-state index is 6.17. The highest BCUT2D eigenvalue weighted by atomic mass is 35.5. The lowest BCUT2D eigenvalue weighted by Crippen LogP contribution is -2.26. The molecule has 0 amide bonds. The number of hydrogen-bond donors (Lipinski definition) is 1. The minimum Gasteiger partial charge on any atom is -0.372 e. The molecule has 4 aromatic rings. The van der Waals surface area contributed by atoms with Gasteiger partial charge in [0.25, 0.3) is 0 Å². The molecule has 0 unspecified atom stereocenters. The molecule has 0 bridgehead atoms. The lowest BCUT2D eigenvalue weighted by atomic mass is 9.98. The predicted octanol–water partition coefficient (Wildman–Crippen LogP) is 6.49. The molecule has 156 valence electrons. The monoisotopic (exact) mass is 445 g/mol. The Morgan fingerprint density at radius 1 is 0.968 bits per heavy atom. The second-order valence-electron chi connectivity index (χ2n) is 8.64. The molecule has 1 aliphatic carbocycles. The summed E-state index contributed by atoms with van der Waals surface area (Å²) in [5.74, 6) is 0. The van der Waals surface area contributed by atoms with Crippen LogP contribution in [0, 0.1) is 0 Å². The van der Waals surface area contributed by atoms with Crippen molar-refractivity contribution >= 4 is 34.5 Å². The van der Waals surface area contributed by atoms with Gasteiger partial charge in [0.1, 0.15) is 10.6 Å². The summed E-state index contributed by atoms with van der Waals surface area (Å²) >= 11 is 12.2. The molecule has 1 saturated carbocycles. The molecule has 0 saturated heterocycles.